The Balaban J connectivity index is 2.01. The van der Waals surface area contributed by atoms with Crippen LogP contribution in [0.25, 0.3) is 0 Å². The van der Waals surface area contributed by atoms with Gasteiger partial charge >= 0.3 is 0 Å². The van der Waals surface area contributed by atoms with E-state index in [2.05, 4.69) is 10.5 Å². The van der Waals surface area contributed by atoms with Gasteiger partial charge in [0.1, 0.15) is 0 Å². The van der Waals surface area contributed by atoms with E-state index in [0.29, 0.717) is 16.1 Å². The van der Waals surface area contributed by atoms with Gasteiger partial charge in [0.05, 0.1) is 28.4 Å². The monoisotopic (exact) mass is 283 g/mol. The molecule has 0 bridgehead atoms. The van der Waals surface area contributed by atoms with Crippen molar-refractivity contribution >= 4 is 23.7 Å². The van der Waals surface area contributed by atoms with E-state index in [1.54, 1.807) is 48.5 Å². The third-order valence-electron chi connectivity index (χ3n) is 2.54. The van der Waals surface area contributed by atoms with E-state index in [4.69, 9.17) is 16.9 Å². The van der Waals surface area contributed by atoms with E-state index in [0.717, 1.165) is 5.56 Å². The average Bonchev–Trinajstić information content (AvgIpc) is 2.48. The summed E-state index contributed by atoms with van der Waals surface area (Å²) in [5.74, 6) is -0.375. The van der Waals surface area contributed by atoms with Gasteiger partial charge in [-0.2, -0.15) is 10.4 Å². The van der Waals surface area contributed by atoms with Crippen molar-refractivity contribution in [1.82, 2.24) is 5.43 Å². The number of hydrogen-bond donors (Lipinski definition) is 1. The van der Waals surface area contributed by atoms with Crippen LogP contribution >= 0.6 is 11.6 Å². The summed E-state index contributed by atoms with van der Waals surface area (Å²) in [5, 5.41) is 12.9. The zero-order valence-electron chi connectivity index (χ0n) is 10.4. The fraction of sp³-hybridized carbons (Fsp3) is 0. The zero-order valence-corrected chi connectivity index (χ0v) is 11.1. The van der Waals surface area contributed by atoms with Crippen LogP contribution in [0.15, 0.2) is 53.6 Å². The summed E-state index contributed by atoms with van der Waals surface area (Å²) < 4.78 is 0. The molecule has 0 saturated heterocycles. The molecule has 0 saturated carbocycles. The molecular weight excluding hydrogens is 274 g/mol. The Labute approximate surface area is 121 Å². The standard InChI is InChI=1S/C15H10ClN3O/c16-14-4-2-1-3-13(14)15(20)19-18-10-12-7-5-11(9-17)6-8-12/h1-8,10H,(H,19,20)/b18-10-. The molecule has 0 radical (unpaired) electrons. The number of halogens is 1. The lowest BCUT2D eigenvalue weighted by Crippen LogP contribution is -2.17. The molecule has 2 aromatic rings. The summed E-state index contributed by atoms with van der Waals surface area (Å²) in [6.07, 6.45) is 1.50. The van der Waals surface area contributed by atoms with E-state index in [1.807, 2.05) is 6.07 Å². The Hall–Kier alpha value is -2.64. The molecule has 0 aliphatic rings. The van der Waals surface area contributed by atoms with Crippen molar-refractivity contribution < 1.29 is 4.79 Å². The average molecular weight is 284 g/mol. The third-order valence-corrected chi connectivity index (χ3v) is 2.87. The Morgan fingerprint density at radius 3 is 2.55 bits per heavy atom. The van der Waals surface area contributed by atoms with Crippen LogP contribution in [0, 0.1) is 11.3 Å². The first kappa shape index (κ1) is 13.8. The van der Waals surface area contributed by atoms with Crippen LogP contribution in [-0.2, 0) is 0 Å². The van der Waals surface area contributed by atoms with Crippen molar-refractivity contribution in [2.45, 2.75) is 0 Å². The highest BCUT2D eigenvalue weighted by molar-refractivity contribution is 6.33. The minimum Gasteiger partial charge on any atom is -0.267 e. The van der Waals surface area contributed by atoms with Crippen molar-refractivity contribution in [2.24, 2.45) is 5.10 Å². The fourth-order valence-electron chi connectivity index (χ4n) is 1.51. The quantitative estimate of drug-likeness (QED) is 0.695. The molecule has 5 heteroatoms. The summed E-state index contributed by atoms with van der Waals surface area (Å²) in [5.41, 5.74) is 4.12. The van der Waals surface area contributed by atoms with Crippen molar-refractivity contribution in [2.75, 3.05) is 0 Å². The van der Waals surface area contributed by atoms with Crippen molar-refractivity contribution in [3.05, 3.63) is 70.2 Å². The Morgan fingerprint density at radius 1 is 1.20 bits per heavy atom. The number of carbonyl (C=O) groups is 1. The van der Waals surface area contributed by atoms with Crippen LogP contribution in [-0.4, -0.2) is 12.1 Å². The Morgan fingerprint density at radius 2 is 1.90 bits per heavy atom. The maximum atomic E-state index is 11.8. The van der Waals surface area contributed by atoms with Crippen LogP contribution in [0.4, 0.5) is 0 Å². The number of hydrogen-bond acceptors (Lipinski definition) is 3. The number of benzene rings is 2. The maximum Gasteiger partial charge on any atom is 0.272 e. The van der Waals surface area contributed by atoms with Crippen LogP contribution in [0.1, 0.15) is 21.5 Å². The first-order chi connectivity index (χ1) is 9.70. The van der Waals surface area contributed by atoms with Gasteiger partial charge in [0, 0.05) is 0 Å². The van der Waals surface area contributed by atoms with Crippen LogP contribution < -0.4 is 5.43 Å². The molecule has 1 amide bonds. The van der Waals surface area contributed by atoms with Gasteiger partial charge < -0.3 is 0 Å². The Bertz CT molecular complexity index is 687. The topological polar surface area (TPSA) is 65.2 Å². The largest absolute Gasteiger partial charge is 0.272 e. The van der Waals surface area contributed by atoms with Crippen LogP contribution in [0.5, 0.6) is 0 Å². The van der Waals surface area contributed by atoms with Gasteiger partial charge in [0.15, 0.2) is 0 Å². The second-order valence-electron chi connectivity index (χ2n) is 3.91. The van der Waals surface area contributed by atoms with Gasteiger partial charge in [-0.05, 0) is 29.8 Å². The first-order valence-corrected chi connectivity index (χ1v) is 6.16. The maximum absolute atomic E-state index is 11.8. The Kier molecular flexibility index (Phi) is 4.48. The predicted octanol–water partition coefficient (Wildman–Crippen LogP) is 2.98. The summed E-state index contributed by atoms with van der Waals surface area (Å²) in [4.78, 5) is 11.8. The van der Waals surface area contributed by atoms with E-state index in [-0.39, 0.29) is 5.91 Å². The number of nitriles is 1. The number of hydrazone groups is 1. The second-order valence-corrected chi connectivity index (χ2v) is 4.32. The van der Waals surface area contributed by atoms with Crippen molar-refractivity contribution in [1.29, 1.82) is 5.26 Å². The lowest BCUT2D eigenvalue weighted by molar-refractivity contribution is 0.0955. The molecule has 0 aromatic heterocycles. The van der Waals surface area contributed by atoms with Gasteiger partial charge in [0.25, 0.3) is 5.91 Å². The molecule has 0 fully saturated rings. The molecule has 1 N–H and O–H groups in total. The van der Waals surface area contributed by atoms with Gasteiger partial charge in [-0.25, -0.2) is 5.43 Å². The third kappa shape index (κ3) is 3.44. The first-order valence-electron chi connectivity index (χ1n) is 5.79. The predicted molar refractivity (Wildman–Crippen MR) is 77.7 cm³/mol. The van der Waals surface area contributed by atoms with E-state index < -0.39 is 0 Å². The molecule has 0 atom stereocenters. The molecule has 98 valence electrons. The summed E-state index contributed by atoms with van der Waals surface area (Å²) in [7, 11) is 0. The zero-order chi connectivity index (χ0) is 14.4. The van der Waals surface area contributed by atoms with E-state index >= 15 is 0 Å². The highest BCUT2D eigenvalue weighted by atomic mass is 35.5. The highest BCUT2D eigenvalue weighted by Crippen LogP contribution is 2.14. The molecule has 20 heavy (non-hydrogen) atoms. The molecule has 0 aliphatic heterocycles. The molecule has 0 spiro atoms. The van der Waals surface area contributed by atoms with Gasteiger partial charge in [-0.1, -0.05) is 35.9 Å². The lowest BCUT2D eigenvalue weighted by atomic mass is 10.2. The summed E-state index contributed by atoms with van der Waals surface area (Å²) in [6.45, 7) is 0. The molecule has 4 nitrogen and oxygen atoms in total. The number of nitrogens with one attached hydrogen (secondary N) is 1. The number of amides is 1. The SMILES string of the molecule is N#Cc1ccc(/C=N\NC(=O)c2ccccc2Cl)cc1. The molecule has 2 rings (SSSR count). The number of carbonyl (C=O) groups excluding carboxylic acids is 1. The number of rotatable bonds is 3. The summed E-state index contributed by atoms with van der Waals surface area (Å²) in [6, 6.07) is 15.6. The van der Waals surface area contributed by atoms with Gasteiger partial charge in [0.2, 0.25) is 0 Å². The van der Waals surface area contributed by atoms with Crippen molar-refractivity contribution in [3.8, 4) is 6.07 Å². The van der Waals surface area contributed by atoms with Gasteiger partial charge in [-0.3, -0.25) is 4.79 Å². The smallest absolute Gasteiger partial charge is 0.267 e. The van der Waals surface area contributed by atoms with E-state index in [1.165, 1.54) is 6.21 Å². The minimum absolute atomic E-state index is 0.367. The van der Waals surface area contributed by atoms with E-state index in [9.17, 15) is 4.79 Å². The normalized spacial score (nSPS) is 10.2. The van der Waals surface area contributed by atoms with Crippen LogP contribution in [0.2, 0.25) is 5.02 Å². The summed E-state index contributed by atoms with van der Waals surface area (Å²) >= 11 is 5.91. The molecule has 0 heterocycles. The highest BCUT2D eigenvalue weighted by Gasteiger charge is 2.07. The minimum atomic E-state index is -0.375. The van der Waals surface area contributed by atoms with Gasteiger partial charge in [-0.15, -0.1) is 0 Å². The molecule has 0 unspecified atom stereocenters. The fourth-order valence-corrected chi connectivity index (χ4v) is 1.74. The molecule has 2 aromatic carbocycles. The van der Waals surface area contributed by atoms with Crippen LogP contribution in [0.3, 0.4) is 0 Å². The molecule has 0 aliphatic carbocycles. The molecular formula is C15H10ClN3O. The lowest BCUT2D eigenvalue weighted by Gasteiger charge is -2.01. The second kappa shape index (κ2) is 6.50. The number of nitrogens with zero attached hydrogens (tertiary/aromatic N) is 2. The van der Waals surface area contributed by atoms with Crippen molar-refractivity contribution in [3.63, 3.8) is 0 Å².